The molecule has 0 heterocycles. The fraction of sp³-hybridized carbons (Fsp3) is 0.625. The van der Waals surface area contributed by atoms with Crippen molar-refractivity contribution in [1.82, 2.24) is 0 Å². The minimum atomic E-state index is -0.867. The van der Waals surface area contributed by atoms with Gasteiger partial charge in [0, 0.05) is 11.4 Å². The van der Waals surface area contributed by atoms with Crippen LogP contribution in [-0.4, -0.2) is 10.7 Å². The van der Waals surface area contributed by atoms with Crippen molar-refractivity contribution in [3.63, 3.8) is 0 Å². The minimum Gasteiger partial charge on any atom is -0.390 e. The number of hydrogen-bond acceptors (Lipinski definition) is 1. The zero-order chi connectivity index (χ0) is 14.6. The molecule has 3 heteroatoms. The van der Waals surface area contributed by atoms with E-state index < -0.39 is 5.60 Å². The van der Waals surface area contributed by atoms with Crippen LogP contribution in [-0.2, 0) is 6.42 Å². The summed E-state index contributed by atoms with van der Waals surface area (Å²) in [6.07, 6.45) is 1.64. The van der Waals surface area contributed by atoms with Gasteiger partial charge in [-0.25, -0.2) is 4.39 Å². The molecule has 0 bridgehead atoms. The highest BCUT2D eigenvalue weighted by molar-refractivity contribution is 6.30. The molecule has 0 aliphatic rings. The molecule has 1 nitrogen and oxygen atoms in total. The van der Waals surface area contributed by atoms with Crippen LogP contribution in [0, 0.1) is 17.7 Å². The van der Waals surface area contributed by atoms with E-state index in [1.807, 2.05) is 0 Å². The molecule has 0 aromatic heterocycles. The molecule has 1 N–H and O–H groups in total. The quantitative estimate of drug-likeness (QED) is 0.793. The van der Waals surface area contributed by atoms with Crippen molar-refractivity contribution in [1.29, 1.82) is 0 Å². The van der Waals surface area contributed by atoms with Crippen LogP contribution >= 0.6 is 11.6 Å². The summed E-state index contributed by atoms with van der Waals surface area (Å²) in [6.45, 7) is 8.28. The Bertz CT molecular complexity index is 405. The first-order valence-corrected chi connectivity index (χ1v) is 7.26. The second kappa shape index (κ2) is 6.71. The first-order chi connectivity index (χ1) is 8.72. The Labute approximate surface area is 120 Å². The summed E-state index contributed by atoms with van der Waals surface area (Å²) in [5, 5.41) is 11.3. The first kappa shape index (κ1) is 16.5. The van der Waals surface area contributed by atoms with Crippen LogP contribution < -0.4 is 0 Å². The molecule has 19 heavy (non-hydrogen) atoms. The van der Waals surface area contributed by atoms with Gasteiger partial charge in [-0.1, -0.05) is 39.3 Å². The molecule has 0 aliphatic heterocycles. The zero-order valence-electron chi connectivity index (χ0n) is 12.2. The fourth-order valence-corrected chi connectivity index (χ4v) is 2.98. The topological polar surface area (TPSA) is 20.2 Å². The predicted molar refractivity (Wildman–Crippen MR) is 79.0 cm³/mol. The normalized spacial score (nSPS) is 12.5. The predicted octanol–water partition coefficient (Wildman–Crippen LogP) is 4.84. The van der Waals surface area contributed by atoms with Gasteiger partial charge in [0.25, 0.3) is 0 Å². The third-order valence-electron chi connectivity index (χ3n) is 3.10. The monoisotopic (exact) mass is 286 g/mol. The fourth-order valence-electron chi connectivity index (χ4n) is 2.78. The zero-order valence-corrected chi connectivity index (χ0v) is 13.0. The van der Waals surface area contributed by atoms with Crippen LogP contribution in [0.25, 0.3) is 0 Å². The summed E-state index contributed by atoms with van der Waals surface area (Å²) in [4.78, 5) is 0. The van der Waals surface area contributed by atoms with Crippen molar-refractivity contribution in [2.45, 2.75) is 52.6 Å². The molecule has 0 aliphatic carbocycles. The van der Waals surface area contributed by atoms with E-state index >= 15 is 0 Å². The molecule has 0 saturated carbocycles. The van der Waals surface area contributed by atoms with Crippen molar-refractivity contribution < 1.29 is 9.50 Å². The highest BCUT2D eigenvalue weighted by Crippen LogP contribution is 2.30. The van der Waals surface area contributed by atoms with Crippen LogP contribution in [0.15, 0.2) is 18.2 Å². The molecule has 0 spiro atoms. The summed E-state index contributed by atoms with van der Waals surface area (Å²) in [7, 11) is 0. The maximum atomic E-state index is 13.8. The van der Waals surface area contributed by atoms with E-state index in [4.69, 9.17) is 11.6 Å². The van der Waals surface area contributed by atoms with Gasteiger partial charge in [0.2, 0.25) is 0 Å². The highest BCUT2D eigenvalue weighted by atomic mass is 35.5. The maximum absolute atomic E-state index is 13.8. The smallest absolute Gasteiger partial charge is 0.126 e. The van der Waals surface area contributed by atoms with Gasteiger partial charge in [0.15, 0.2) is 0 Å². The largest absolute Gasteiger partial charge is 0.390 e. The van der Waals surface area contributed by atoms with Crippen LogP contribution in [0.2, 0.25) is 5.02 Å². The molecular weight excluding hydrogens is 263 g/mol. The van der Waals surface area contributed by atoms with E-state index in [1.165, 1.54) is 12.1 Å². The Kier molecular flexibility index (Phi) is 5.82. The van der Waals surface area contributed by atoms with E-state index in [2.05, 4.69) is 27.7 Å². The Balaban J connectivity index is 2.96. The van der Waals surface area contributed by atoms with Gasteiger partial charge in [0.1, 0.15) is 5.82 Å². The Hall–Kier alpha value is -0.600. The lowest BCUT2D eigenvalue weighted by Gasteiger charge is -2.32. The lowest BCUT2D eigenvalue weighted by Crippen LogP contribution is -2.35. The molecule has 0 atom stereocenters. The molecule has 0 amide bonds. The summed E-state index contributed by atoms with van der Waals surface area (Å²) >= 11 is 5.91. The van der Waals surface area contributed by atoms with E-state index in [-0.39, 0.29) is 5.82 Å². The summed E-state index contributed by atoms with van der Waals surface area (Å²) < 4.78 is 13.8. The Morgan fingerprint density at radius 3 is 2.16 bits per heavy atom. The van der Waals surface area contributed by atoms with Crippen molar-refractivity contribution in [2.24, 2.45) is 11.8 Å². The second-order valence-electron chi connectivity index (χ2n) is 6.33. The maximum Gasteiger partial charge on any atom is 0.126 e. The molecule has 1 rings (SSSR count). The molecule has 0 saturated heterocycles. The number of aliphatic hydroxyl groups is 1. The Morgan fingerprint density at radius 1 is 1.16 bits per heavy atom. The van der Waals surface area contributed by atoms with E-state index in [0.717, 1.165) is 0 Å². The third-order valence-corrected chi connectivity index (χ3v) is 3.34. The van der Waals surface area contributed by atoms with Crippen LogP contribution in [0.5, 0.6) is 0 Å². The molecular formula is C16H24ClFO. The lowest BCUT2D eigenvalue weighted by atomic mass is 9.80. The van der Waals surface area contributed by atoms with Gasteiger partial charge >= 0.3 is 0 Å². The van der Waals surface area contributed by atoms with E-state index in [0.29, 0.717) is 41.7 Å². The minimum absolute atomic E-state index is 0.296. The van der Waals surface area contributed by atoms with Crippen LogP contribution in [0.1, 0.15) is 46.1 Å². The van der Waals surface area contributed by atoms with Crippen molar-refractivity contribution in [2.75, 3.05) is 0 Å². The van der Waals surface area contributed by atoms with Gasteiger partial charge in [0.05, 0.1) is 5.60 Å². The standard InChI is InChI=1S/C16H24ClFO/c1-11(2)8-16(19,9-12(3)4)10-13-7-14(17)5-6-15(13)18/h5-7,11-12,19H,8-10H2,1-4H3. The molecule has 0 unspecified atom stereocenters. The van der Waals surface area contributed by atoms with Crippen molar-refractivity contribution in [3.8, 4) is 0 Å². The molecule has 108 valence electrons. The summed E-state index contributed by atoms with van der Waals surface area (Å²) in [5.41, 5.74) is -0.371. The summed E-state index contributed by atoms with van der Waals surface area (Å²) in [6, 6.07) is 4.51. The van der Waals surface area contributed by atoms with Gasteiger partial charge in [-0.3, -0.25) is 0 Å². The number of rotatable bonds is 6. The molecule has 0 radical (unpaired) electrons. The number of hydrogen-bond donors (Lipinski definition) is 1. The third kappa shape index (κ3) is 5.50. The molecule has 1 aromatic rings. The first-order valence-electron chi connectivity index (χ1n) is 6.88. The van der Waals surface area contributed by atoms with Crippen molar-refractivity contribution >= 4 is 11.6 Å². The van der Waals surface area contributed by atoms with Crippen LogP contribution in [0.3, 0.4) is 0 Å². The molecule has 1 aromatic carbocycles. The second-order valence-corrected chi connectivity index (χ2v) is 6.77. The van der Waals surface area contributed by atoms with Gasteiger partial charge < -0.3 is 5.11 Å². The van der Waals surface area contributed by atoms with Gasteiger partial charge in [-0.05, 0) is 48.4 Å². The number of halogens is 2. The molecule has 0 fully saturated rings. The SMILES string of the molecule is CC(C)CC(O)(Cc1cc(Cl)ccc1F)CC(C)C. The average Bonchev–Trinajstić information content (AvgIpc) is 2.20. The summed E-state index contributed by atoms with van der Waals surface area (Å²) in [5.74, 6) is 0.437. The van der Waals surface area contributed by atoms with E-state index in [1.54, 1.807) is 6.07 Å². The highest BCUT2D eigenvalue weighted by Gasteiger charge is 2.30. The lowest BCUT2D eigenvalue weighted by molar-refractivity contribution is 0.0000643. The van der Waals surface area contributed by atoms with Gasteiger partial charge in [-0.15, -0.1) is 0 Å². The van der Waals surface area contributed by atoms with Crippen molar-refractivity contribution in [3.05, 3.63) is 34.6 Å². The van der Waals surface area contributed by atoms with Gasteiger partial charge in [-0.2, -0.15) is 0 Å². The van der Waals surface area contributed by atoms with E-state index in [9.17, 15) is 9.50 Å². The number of benzene rings is 1. The van der Waals surface area contributed by atoms with Crippen LogP contribution in [0.4, 0.5) is 4.39 Å². The average molecular weight is 287 g/mol. The Morgan fingerprint density at radius 2 is 1.68 bits per heavy atom.